The lowest BCUT2D eigenvalue weighted by Crippen LogP contribution is -2.41. The monoisotopic (exact) mass is 325 g/mol. The number of hydrogen-bond donors (Lipinski definition) is 3. The van der Waals surface area contributed by atoms with Gasteiger partial charge >= 0.3 is 6.09 Å². The number of amides is 1. The first kappa shape index (κ1) is 16.5. The molecule has 1 amide bonds. The number of carbonyl (C=O) groups is 1. The second-order valence-corrected chi connectivity index (χ2v) is 6.32. The zero-order valence-corrected chi connectivity index (χ0v) is 13.6. The van der Waals surface area contributed by atoms with E-state index in [2.05, 4.69) is 45.9 Å². The van der Waals surface area contributed by atoms with Crippen molar-refractivity contribution in [2.45, 2.75) is 44.3 Å². The highest BCUT2D eigenvalue weighted by molar-refractivity contribution is 5.64. The Bertz CT molecular complexity index is 667. The Labute approximate surface area is 142 Å². The van der Waals surface area contributed by atoms with Crippen molar-refractivity contribution in [1.82, 2.24) is 15.6 Å². The van der Waals surface area contributed by atoms with Gasteiger partial charge in [-0.05, 0) is 54.5 Å². The average molecular weight is 325 g/mol. The van der Waals surface area contributed by atoms with Crippen molar-refractivity contribution in [3.63, 3.8) is 0 Å². The predicted molar refractivity (Wildman–Crippen MR) is 93.7 cm³/mol. The van der Waals surface area contributed by atoms with Gasteiger partial charge in [0.2, 0.25) is 0 Å². The molecule has 24 heavy (non-hydrogen) atoms. The van der Waals surface area contributed by atoms with Crippen LogP contribution in [0.15, 0.2) is 48.8 Å². The molecule has 5 nitrogen and oxygen atoms in total. The van der Waals surface area contributed by atoms with Gasteiger partial charge in [0.15, 0.2) is 0 Å². The zero-order valence-electron chi connectivity index (χ0n) is 13.6. The SMILES string of the molecule is O=C(O)NC1CCC(NCc2cccc(-c3cccnc3)c2)CC1. The van der Waals surface area contributed by atoms with E-state index in [-0.39, 0.29) is 6.04 Å². The molecule has 0 bridgehead atoms. The smallest absolute Gasteiger partial charge is 0.404 e. The summed E-state index contributed by atoms with van der Waals surface area (Å²) in [6.45, 7) is 0.829. The van der Waals surface area contributed by atoms with E-state index >= 15 is 0 Å². The maximum absolute atomic E-state index is 10.7. The number of nitrogens with one attached hydrogen (secondary N) is 2. The first-order valence-corrected chi connectivity index (χ1v) is 8.43. The number of hydrogen-bond acceptors (Lipinski definition) is 3. The van der Waals surface area contributed by atoms with Gasteiger partial charge < -0.3 is 15.7 Å². The van der Waals surface area contributed by atoms with Gasteiger partial charge in [-0.3, -0.25) is 4.98 Å². The number of nitrogens with zero attached hydrogens (tertiary/aromatic N) is 1. The van der Waals surface area contributed by atoms with Crippen LogP contribution in [0, 0.1) is 0 Å². The van der Waals surface area contributed by atoms with Crippen LogP contribution in [-0.2, 0) is 6.54 Å². The van der Waals surface area contributed by atoms with Crippen LogP contribution in [-0.4, -0.2) is 28.3 Å². The van der Waals surface area contributed by atoms with E-state index in [4.69, 9.17) is 5.11 Å². The second-order valence-electron chi connectivity index (χ2n) is 6.32. The Morgan fingerprint density at radius 2 is 1.83 bits per heavy atom. The normalized spacial score (nSPS) is 20.5. The van der Waals surface area contributed by atoms with Crippen molar-refractivity contribution >= 4 is 6.09 Å². The molecule has 3 N–H and O–H groups in total. The predicted octanol–water partition coefficient (Wildman–Crippen LogP) is 3.42. The highest BCUT2D eigenvalue weighted by Gasteiger charge is 2.21. The molecule has 1 saturated carbocycles. The summed E-state index contributed by atoms with van der Waals surface area (Å²) in [5.41, 5.74) is 3.55. The molecular formula is C19H23N3O2. The van der Waals surface area contributed by atoms with Gasteiger partial charge in [0.05, 0.1) is 0 Å². The fraction of sp³-hybridized carbons (Fsp3) is 0.368. The molecule has 3 rings (SSSR count). The van der Waals surface area contributed by atoms with Crippen LogP contribution < -0.4 is 10.6 Å². The third-order valence-corrected chi connectivity index (χ3v) is 4.57. The summed E-state index contributed by atoms with van der Waals surface area (Å²) in [6.07, 6.45) is 6.56. The summed E-state index contributed by atoms with van der Waals surface area (Å²) in [7, 11) is 0. The average Bonchev–Trinajstić information content (AvgIpc) is 2.62. The van der Waals surface area contributed by atoms with E-state index in [0.29, 0.717) is 6.04 Å². The Morgan fingerprint density at radius 3 is 2.54 bits per heavy atom. The Morgan fingerprint density at radius 1 is 1.08 bits per heavy atom. The molecular weight excluding hydrogens is 302 g/mol. The standard InChI is InChI=1S/C19H23N3O2/c23-19(24)22-18-8-6-17(7-9-18)21-12-14-3-1-4-15(11-14)16-5-2-10-20-13-16/h1-5,10-11,13,17-18,21-22H,6-9,12H2,(H,23,24). The van der Waals surface area contributed by atoms with Crippen LogP contribution in [0.2, 0.25) is 0 Å². The van der Waals surface area contributed by atoms with E-state index in [0.717, 1.165) is 37.8 Å². The van der Waals surface area contributed by atoms with Gasteiger partial charge in [-0.25, -0.2) is 4.79 Å². The lowest BCUT2D eigenvalue weighted by atomic mass is 9.91. The van der Waals surface area contributed by atoms with Crippen molar-refractivity contribution in [2.24, 2.45) is 0 Å². The summed E-state index contributed by atoms with van der Waals surface area (Å²) < 4.78 is 0. The van der Waals surface area contributed by atoms with E-state index in [1.165, 1.54) is 11.1 Å². The minimum absolute atomic E-state index is 0.106. The van der Waals surface area contributed by atoms with E-state index in [1.807, 2.05) is 12.3 Å². The molecule has 1 aliphatic carbocycles. The quantitative estimate of drug-likeness (QED) is 0.787. The van der Waals surface area contributed by atoms with Crippen LogP contribution in [0.25, 0.3) is 11.1 Å². The number of carboxylic acid groups (broad SMARTS) is 1. The molecule has 1 heterocycles. The first-order valence-electron chi connectivity index (χ1n) is 8.43. The highest BCUT2D eigenvalue weighted by Crippen LogP contribution is 2.21. The van der Waals surface area contributed by atoms with Gasteiger partial charge in [0.1, 0.15) is 0 Å². The molecule has 0 aliphatic heterocycles. The fourth-order valence-corrected chi connectivity index (χ4v) is 3.27. The molecule has 1 aromatic heterocycles. The minimum atomic E-state index is -0.918. The van der Waals surface area contributed by atoms with Gasteiger partial charge in [-0.2, -0.15) is 0 Å². The number of benzene rings is 1. The summed E-state index contributed by atoms with van der Waals surface area (Å²) in [4.78, 5) is 14.9. The minimum Gasteiger partial charge on any atom is -0.465 e. The number of pyridine rings is 1. The fourth-order valence-electron chi connectivity index (χ4n) is 3.27. The number of rotatable bonds is 5. The third-order valence-electron chi connectivity index (χ3n) is 4.57. The van der Waals surface area contributed by atoms with Crippen molar-refractivity contribution in [2.75, 3.05) is 0 Å². The first-order chi connectivity index (χ1) is 11.7. The van der Waals surface area contributed by atoms with E-state index < -0.39 is 6.09 Å². The van der Waals surface area contributed by atoms with Crippen LogP contribution in [0.1, 0.15) is 31.2 Å². The van der Waals surface area contributed by atoms with Gasteiger partial charge in [0.25, 0.3) is 0 Å². The van der Waals surface area contributed by atoms with Crippen LogP contribution in [0.4, 0.5) is 4.79 Å². The summed E-state index contributed by atoms with van der Waals surface area (Å²) in [5, 5.41) is 15.0. The van der Waals surface area contributed by atoms with Gasteiger partial charge in [0, 0.05) is 31.0 Å². The Hall–Kier alpha value is -2.40. The maximum Gasteiger partial charge on any atom is 0.404 e. The van der Waals surface area contributed by atoms with Crippen molar-refractivity contribution in [3.8, 4) is 11.1 Å². The van der Waals surface area contributed by atoms with E-state index in [9.17, 15) is 4.79 Å². The van der Waals surface area contributed by atoms with Crippen LogP contribution in [0.5, 0.6) is 0 Å². The molecule has 5 heteroatoms. The summed E-state index contributed by atoms with van der Waals surface area (Å²) in [6, 6.07) is 13.1. The van der Waals surface area contributed by atoms with Crippen molar-refractivity contribution < 1.29 is 9.90 Å². The van der Waals surface area contributed by atoms with Gasteiger partial charge in [-0.1, -0.05) is 24.3 Å². The second kappa shape index (κ2) is 7.93. The lowest BCUT2D eigenvalue weighted by molar-refractivity contribution is 0.183. The molecule has 0 atom stereocenters. The summed E-state index contributed by atoms with van der Waals surface area (Å²) >= 11 is 0. The van der Waals surface area contributed by atoms with Gasteiger partial charge in [-0.15, -0.1) is 0 Å². The lowest BCUT2D eigenvalue weighted by Gasteiger charge is -2.29. The molecule has 126 valence electrons. The molecule has 1 aromatic carbocycles. The molecule has 0 unspecified atom stereocenters. The van der Waals surface area contributed by atoms with Crippen LogP contribution >= 0.6 is 0 Å². The molecule has 1 aliphatic rings. The van der Waals surface area contributed by atoms with E-state index in [1.54, 1.807) is 6.20 Å². The van der Waals surface area contributed by atoms with Crippen molar-refractivity contribution in [3.05, 3.63) is 54.4 Å². The summed E-state index contributed by atoms with van der Waals surface area (Å²) in [5.74, 6) is 0. The Balaban J connectivity index is 1.52. The largest absolute Gasteiger partial charge is 0.465 e. The topological polar surface area (TPSA) is 74.2 Å². The Kier molecular flexibility index (Phi) is 5.43. The zero-order chi connectivity index (χ0) is 16.8. The molecule has 0 spiro atoms. The molecule has 0 saturated heterocycles. The maximum atomic E-state index is 10.7. The number of aromatic nitrogens is 1. The third kappa shape index (κ3) is 4.55. The molecule has 2 aromatic rings. The molecule has 1 fully saturated rings. The highest BCUT2D eigenvalue weighted by atomic mass is 16.4. The van der Waals surface area contributed by atoms with Crippen LogP contribution in [0.3, 0.4) is 0 Å². The molecule has 0 radical (unpaired) electrons. The van der Waals surface area contributed by atoms with Crippen molar-refractivity contribution in [1.29, 1.82) is 0 Å².